The predicted molar refractivity (Wildman–Crippen MR) is 108 cm³/mol. The van der Waals surface area contributed by atoms with Gasteiger partial charge in [-0.25, -0.2) is 8.42 Å². The average molecular weight is 422 g/mol. The molecule has 28 heavy (non-hydrogen) atoms. The van der Waals surface area contributed by atoms with Crippen LogP contribution in [0.25, 0.3) is 0 Å². The Morgan fingerprint density at radius 3 is 2.50 bits per heavy atom. The number of amides is 2. The summed E-state index contributed by atoms with van der Waals surface area (Å²) in [7, 11) is -3.67. The molecule has 1 aliphatic heterocycles. The molecule has 2 amide bonds. The van der Waals surface area contributed by atoms with Crippen molar-refractivity contribution >= 4 is 33.2 Å². The molecular formula is C19H23N3O4S2. The number of aryl methyl sites for hydroxylation is 1. The van der Waals surface area contributed by atoms with Crippen molar-refractivity contribution in [2.24, 2.45) is 0 Å². The van der Waals surface area contributed by atoms with Crippen molar-refractivity contribution in [2.45, 2.75) is 30.0 Å². The number of nitrogens with one attached hydrogen (secondary N) is 2. The van der Waals surface area contributed by atoms with Crippen LogP contribution in [0.15, 0.2) is 46.7 Å². The second-order valence-corrected chi connectivity index (χ2v) is 9.96. The number of nitrogens with zero attached hydrogens (tertiary/aromatic N) is 1. The molecule has 2 N–H and O–H groups in total. The third-order valence-electron chi connectivity index (χ3n) is 4.53. The zero-order valence-electron chi connectivity index (χ0n) is 15.6. The van der Waals surface area contributed by atoms with Gasteiger partial charge in [-0.1, -0.05) is 18.2 Å². The van der Waals surface area contributed by atoms with E-state index < -0.39 is 16.1 Å². The van der Waals surface area contributed by atoms with Crippen molar-refractivity contribution in [1.82, 2.24) is 14.9 Å². The Bertz CT molecular complexity index is 941. The fourth-order valence-corrected chi connectivity index (χ4v) is 6.20. The van der Waals surface area contributed by atoms with Gasteiger partial charge in [-0.3, -0.25) is 9.59 Å². The van der Waals surface area contributed by atoms with Crippen LogP contribution < -0.4 is 10.6 Å². The van der Waals surface area contributed by atoms with E-state index in [9.17, 15) is 18.0 Å². The second-order valence-electron chi connectivity index (χ2n) is 6.55. The molecule has 7 nitrogen and oxygen atoms in total. The lowest BCUT2D eigenvalue weighted by atomic mass is 10.2. The van der Waals surface area contributed by atoms with Crippen LogP contribution in [0.1, 0.15) is 28.1 Å². The Morgan fingerprint density at radius 2 is 1.82 bits per heavy atom. The van der Waals surface area contributed by atoms with Crippen molar-refractivity contribution < 1.29 is 18.0 Å². The number of hydrogen-bond donors (Lipinski definition) is 2. The van der Waals surface area contributed by atoms with Gasteiger partial charge < -0.3 is 10.6 Å². The zero-order chi connectivity index (χ0) is 20.1. The maximum absolute atomic E-state index is 12.8. The minimum Gasteiger partial charge on any atom is -0.353 e. The van der Waals surface area contributed by atoms with Gasteiger partial charge in [-0.05, 0) is 44.0 Å². The molecule has 1 aromatic heterocycles. The Hall–Kier alpha value is -2.23. The molecule has 3 rings (SSSR count). The molecule has 2 heterocycles. The minimum atomic E-state index is -3.67. The first-order valence-corrected chi connectivity index (χ1v) is 11.3. The number of carbonyl (C=O) groups is 2. The number of sulfonamides is 1. The van der Waals surface area contributed by atoms with E-state index in [0.717, 1.165) is 4.88 Å². The van der Waals surface area contributed by atoms with E-state index in [2.05, 4.69) is 10.6 Å². The predicted octanol–water partition coefficient (Wildman–Crippen LogP) is 1.76. The van der Waals surface area contributed by atoms with Gasteiger partial charge in [0, 0.05) is 30.1 Å². The average Bonchev–Trinajstić information content (AvgIpc) is 3.35. The molecule has 150 valence electrons. The van der Waals surface area contributed by atoms with Gasteiger partial charge in [0.2, 0.25) is 5.91 Å². The van der Waals surface area contributed by atoms with E-state index in [0.29, 0.717) is 24.9 Å². The first-order chi connectivity index (χ1) is 13.4. The first kappa shape index (κ1) is 20.5. The standard InChI is InChI=1S/C19H23N3O4S2/c1-14-9-10-17(27-14)28(25,26)22-13-5-8-16(22)19(24)21-12-11-20-18(23)15-6-3-2-4-7-15/h2-4,6-7,9-10,16H,5,8,11-13H2,1H3,(H,20,23)(H,21,24). The van der Waals surface area contributed by atoms with Crippen LogP contribution in [0.2, 0.25) is 0 Å². The summed E-state index contributed by atoms with van der Waals surface area (Å²) in [5.74, 6) is -0.545. The Balaban J connectivity index is 1.53. The van der Waals surface area contributed by atoms with Crippen LogP contribution in [0.3, 0.4) is 0 Å². The lowest BCUT2D eigenvalue weighted by Gasteiger charge is -2.22. The fourth-order valence-electron chi connectivity index (χ4n) is 3.13. The molecule has 0 bridgehead atoms. The number of thiophene rings is 1. The van der Waals surface area contributed by atoms with E-state index in [1.165, 1.54) is 15.6 Å². The molecule has 1 atom stereocenters. The molecule has 1 unspecified atom stereocenters. The summed E-state index contributed by atoms with van der Waals surface area (Å²) in [4.78, 5) is 25.4. The molecular weight excluding hydrogens is 398 g/mol. The van der Waals surface area contributed by atoms with Gasteiger partial charge in [0.25, 0.3) is 15.9 Å². The van der Waals surface area contributed by atoms with Crippen molar-refractivity contribution in [3.8, 4) is 0 Å². The molecule has 0 saturated carbocycles. The van der Waals surface area contributed by atoms with Crippen molar-refractivity contribution in [3.05, 3.63) is 52.9 Å². The summed E-state index contributed by atoms with van der Waals surface area (Å²) in [6.07, 6.45) is 1.14. The summed E-state index contributed by atoms with van der Waals surface area (Å²) in [6.45, 7) is 2.69. The summed E-state index contributed by atoms with van der Waals surface area (Å²) in [6, 6.07) is 11.4. The molecule has 0 spiro atoms. The summed E-state index contributed by atoms with van der Waals surface area (Å²) in [5.41, 5.74) is 0.549. The van der Waals surface area contributed by atoms with E-state index in [1.807, 2.05) is 13.0 Å². The SMILES string of the molecule is Cc1ccc(S(=O)(=O)N2CCCC2C(=O)NCCNC(=O)c2ccccc2)s1. The van der Waals surface area contributed by atoms with Crippen LogP contribution in [-0.4, -0.2) is 50.2 Å². The molecule has 1 aliphatic rings. The van der Waals surface area contributed by atoms with Crippen LogP contribution >= 0.6 is 11.3 Å². The Labute approximate surface area is 168 Å². The number of benzene rings is 1. The Kier molecular flexibility index (Phi) is 6.48. The van der Waals surface area contributed by atoms with Gasteiger partial charge in [0.1, 0.15) is 10.3 Å². The number of rotatable bonds is 7. The Morgan fingerprint density at radius 1 is 1.11 bits per heavy atom. The topological polar surface area (TPSA) is 95.6 Å². The van der Waals surface area contributed by atoms with Crippen LogP contribution in [0.5, 0.6) is 0 Å². The highest BCUT2D eigenvalue weighted by Crippen LogP contribution is 2.30. The highest BCUT2D eigenvalue weighted by atomic mass is 32.2. The molecule has 2 aromatic rings. The lowest BCUT2D eigenvalue weighted by molar-refractivity contribution is -0.124. The zero-order valence-corrected chi connectivity index (χ0v) is 17.2. The van der Waals surface area contributed by atoms with Crippen LogP contribution in [0, 0.1) is 6.92 Å². The number of hydrogen-bond acceptors (Lipinski definition) is 5. The van der Waals surface area contributed by atoms with Gasteiger partial charge in [-0.2, -0.15) is 4.31 Å². The summed E-state index contributed by atoms with van der Waals surface area (Å²) < 4.78 is 27.2. The van der Waals surface area contributed by atoms with E-state index >= 15 is 0 Å². The third kappa shape index (κ3) is 4.60. The van der Waals surface area contributed by atoms with Crippen LogP contribution in [0.4, 0.5) is 0 Å². The first-order valence-electron chi connectivity index (χ1n) is 9.09. The van der Waals surface area contributed by atoms with Crippen molar-refractivity contribution in [3.63, 3.8) is 0 Å². The third-order valence-corrected chi connectivity index (χ3v) is 7.91. The lowest BCUT2D eigenvalue weighted by Crippen LogP contribution is -2.47. The molecule has 9 heteroatoms. The normalized spacial score (nSPS) is 17.4. The second kappa shape index (κ2) is 8.85. The highest BCUT2D eigenvalue weighted by molar-refractivity contribution is 7.91. The smallest absolute Gasteiger partial charge is 0.253 e. The molecule has 1 fully saturated rings. The highest BCUT2D eigenvalue weighted by Gasteiger charge is 2.39. The van der Waals surface area contributed by atoms with Crippen LogP contribution in [-0.2, 0) is 14.8 Å². The maximum atomic E-state index is 12.8. The van der Waals surface area contributed by atoms with Crippen molar-refractivity contribution in [1.29, 1.82) is 0 Å². The minimum absolute atomic E-state index is 0.215. The molecule has 0 aliphatic carbocycles. The van der Waals surface area contributed by atoms with E-state index in [1.54, 1.807) is 36.4 Å². The molecule has 1 saturated heterocycles. The summed E-state index contributed by atoms with van der Waals surface area (Å²) >= 11 is 1.21. The van der Waals surface area contributed by atoms with Crippen molar-refractivity contribution in [2.75, 3.05) is 19.6 Å². The van der Waals surface area contributed by atoms with Gasteiger partial charge in [0.15, 0.2) is 0 Å². The summed E-state index contributed by atoms with van der Waals surface area (Å²) in [5, 5.41) is 5.46. The molecule has 0 radical (unpaired) electrons. The fraction of sp³-hybridized carbons (Fsp3) is 0.368. The van der Waals surface area contributed by atoms with E-state index in [-0.39, 0.29) is 29.1 Å². The number of carbonyl (C=O) groups excluding carboxylic acids is 2. The van der Waals surface area contributed by atoms with E-state index in [4.69, 9.17) is 0 Å². The maximum Gasteiger partial charge on any atom is 0.253 e. The van der Waals surface area contributed by atoms with Gasteiger partial charge in [0.05, 0.1) is 0 Å². The largest absolute Gasteiger partial charge is 0.353 e. The molecule has 1 aromatic carbocycles. The van der Waals surface area contributed by atoms with Gasteiger partial charge >= 0.3 is 0 Å². The van der Waals surface area contributed by atoms with Gasteiger partial charge in [-0.15, -0.1) is 11.3 Å². The quantitative estimate of drug-likeness (QED) is 0.666. The monoisotopic (exact) mass is 421 g/mol.